The lowest BCUT2D eigenvalue weighted by atomic mass is 10.2. The van der Waals surface area contributed by atoms with Crippen molar-refractivity contribution in [2.45, 2.75) is 18.9 Å². The summed E-state index contributed by atoms with van der Waals surface area (Å²) < 4.78 is 16.6. The number of anilines is 4. The molecular formula is C26H29N5O4. The number of carbonyl (C=O) groups is 1. The van der Waals surface area contributed by atoms with Crippen molar-refractivity contribution in [2.75, 3.05) is 42.9 Å². The SMILES string of the molecule is C=CC(=O)Nc1cccc(Oc2nc(Nc3ccc(N(CCOC)C4CC4)cc3)ncc2OC)c1. The van der Waals surface area contributed by atoms with Crippen LogP contribution in [-0.2, 0) is 9.53 Å². The van der Waals surface area contributed by atoms with E-state index in [0.29, 0.717) is 35.8 Å². The van der Waals surface area contributed by atoms with Crippen LogP contribution >= 0.6 is 0 Å². The molecule has 2 N–H and O–H groups in total. The van der Waals surface area contributed by atoms with Gasteiger partial charge in [-0.15, -0.1) is 0 Å². The van der Waals surface area contributed by atoms with Crippen molar-refractivity contribution in [1.29, 1.82) is 0 Å². The Labute approximate surface area is 204 Å². The molecule has 4 rings (SSSR count). The molecule has 0 spiro atoms. The molecule has 0 atom stereocenters. The number of rotatable bonds is 12. The molecular weight excluding hydrogens is 446 g/mol. The molecule has 0 radical (unpaired) electrons. The van der Waals surface area contributed by atoms with E-state index >= 15 is 0 Å². The molecule has 1 heterocycles. The van der Waals surface area contributed by atoms with Crippen molar-refractivity contribution in [3.63, 3.8) is 0 Å². The zero-order chi connectivity index (χ0) is 24.6. The number of nitrogens with one attached hydrogen (secondary N) is 2. The highest BCUT2D eigenvalue weighted by atomic mass is 16.5. The third kappa shape index (κ3) is 6.48. The minimum atomic E-state index is -0.307. The first-order valence-corrected chi connectivity index (χ1v) is 11.3. The second-order valence-corrected chi connectivity index (χ2v) is 7.98. The predicted octanol–water partition coefficient (Wildman–Crippen LogP) is 4.76. The Hall–Kier alpha value is -4.11. The number of hydrogen-bond donors (Lipinski definition) is 2. The summed E-state index contributed by atoms with van der Waals surface area (Å²) in [7, 11) is 3.25. The lowest BCUT2D eigenvalue weighted by Gasteiger charge is -2.24. The topological polar surface area (TPSA) is 97.8 Å². The van der Waals surface area contributed by atoms with Gasteiger partial charge in [0.1, 0.15) is 5.75 Å². The van der Waals surface area contributed by atoms with Crippen LogP contribution in [0.4, 0.5) is 23.0 Å². The molecule has 0 bridgehead atoms. The van der Waals surface area contributed by atoms with E-state index in [4.69, 9.17) is 14.2 Å². The third-order valence-corrected chi connectivity index (χ3v) is 5.42. The van der Waals surface area contributed by atoms with E-state index in [1.807, 2.05) is 12.1 Å². The summed E-state index contributed by atoms with van der Waals surface area (Å²) in [6.07, 6.45) is 5.18. The Bertz CT molecular complexity index is 1160. The Morgan fingerprint density at radius 1 is 1.17 bits per heavy atom. The Morgan fingerprint density at radius 3 is 2.66 bits per heavy atom. The zero-order valence-electron chi connectivity index (χ0n) is 19.9. The monoisotopic (exact) mass is 475 g/mol. The van der Waals surface area contributed by atoms with Crippen LogP contribution in [0.1, 0.15) is 12.8 Å². The van der Waals surface area contributed by atoms with Gasteiger partial charge in [-0.1, -0.05) is 12.6 Å². The first-order valence-electron chi connectivity index (χ1n) is 11.3. The molecule has 1 aliphatic carbocycles. The zero-order valence-corrected chi connectivity index (χ0v) is 19.9. The van der Waals surface area contributed by atoms with Gasteiger partial charge in [-0.2, -0.15) is 4.98 Å². The molecule has 1 amide bonds. The molecule has 1 aliphatic rings. The summed E-state index contributed by atoms with van der Waals surface area (Å²) in [5, 5.41) is 5.91. The third-order valence-electron chi connectivity index (χ3n) is 5.42. The molecule has 0 aliphatic heterocycles. The van der Waals surface area contributed by atoms with E-state index in [1.165, 1.54) is 26.0 Å². The summed E-state index contributed by atoms with van der Waals surface area (Å²) in [6.45, 7) is 5.02. The van der Waals surface area contributed by atoms with Gasteiger partial charge in [-0.05, 0) is 55.3 Å². The van der Waals surface area contributed by atoms with E-state index in [-0.39, 0.29) is 11.8 Å². The van der Waals surface area contributed by atoms with Crippen LogP contribution in [0.5, 0.6) is 17.4 Å². The molecule has 0 saturated heterocycles. The van der Waals surface area contributed by atoms with E-state index in [1.54, 1.807) is 37.6 Å². The van der Waals surface area contributed by atoms with E-state index < -0.39 is 0 Å². The summed E-state index contributed by atoms with van der Waals surface area (Å²) in [5.41, 5.74) is 2.59. The highest BCUT2D eigenvalue weighted by molar-refractivity contribution is 5.98. The van der Waals surface area contributed by atoms with Gasteiger partial charge < -0.3 is 29.7 Å². The fraction of sp³-hybridized carbons (Fsp3) is 0.269. The van der Waals surface area contributed by atoms with E-state index in [2.05, 4.69) is 44.2 Å². The van der Waals surface area contributed by atoms with Crippen LogP contribution in [0, 0.1) is 0 Å². The second kappa shape index (κ2) is 11.3. The number of aromatic nitrogens is 2. The van der Waals surface area contributed by atoms with Gasteiger partial charge >= 0.3 is 0 Å². The molecule has 182 valence electrons. The summed E-state index contributed by atoms with van der Waals surface area (Å²) in [5.74, 6) is 1.16. The smallest absolute Gasteiger partial charge is 0.267 e. The summed E-state index contributed by atoms with van der Waals surface area (Å²) in [4.78, 5) is 22.8. The largest absolute Gasteiger partial charge is 0.490 e. The van der Waals surface area contributed by atoms with Gasteiger partial charge in [0.05, 0.1) is 19.9 Å². The van der Waals surface area contributed by atoms with Crippen LogP contribution in [0.2, 0.25) is 0 Å². The Kier molecular flexibility index (Phi) is 7.79. The molecule has 9 nitrogen and oxygen atoms in total. The van der Waals surface area contributed by atoms with Gasteiger partial charge in [0.15, 0.2) is 5.75 Å². The first-order chi connectivity index (χ1) is 17.1. The fourth-order valence-electron chi connectivity index (χ4n) is 3.53. The second-order valence-electron chi connectivity index (χ2n) is 7.98. The van der Waals surface area contributed by atoms with Crippen molar-refractivity contribution in [2.24, 2.45) is 0 Å². The number of nitrogens with zero attached hydrogens (tertiary/aromatic N) is 3. The number of amides is 1. The van der Waals surface area contributed by atoms with E-state index in [0.717, 1.165) is 17.9 Å². The van der Waals surface area contributed by atoms with Crippen LogP contribution in [0.3, 0.4) is 0 Å². The van der Waals surface area contributed by atoms with E-state index in [9.17, 15) is 4.79 Å². The van der Waals surface area contributed by atoms with Crippen molar-refractivity contribution in [3.05, 3.63) is 67.4 Å². The number of ether oxygens (including phenoxy) is 3. The van der Waals surface area contributed by atoms with Gasteiger partial charge in [0, 0.05) is 42.8 Å². The Morgan fingerprint density at radius 2 is 1.97 bits per heavy atom. The van der Waals surface area contributed by atoms with Gasteiger partial charge in [-0.25, -0.2) is 4.98 Å². The predicted molar refractivity (Wildman–Crippen MR) is 136 cm³/mol. The average molecular weight is 476 g/mol. The normalized spacial score (nSPS) is 12.5. The molecule has 0 unspecified atom stereocenters. The quantitative estimate of drug-likeness (QED) is 0.362. The fourth-order valence-corrected chi connectivity index (χ4v) is 3.53. The minimum absolute atomic E-state index is 0.244. The lowest BCUT2D eigenvalue weighted by Crippen LogP contribution is -2.29. The van der Waals surface area contributed by atoms with Crippen molar-refractivity contribution in [1.82, 2.24) is 9.97 Å². The van der Waals surface area contributed by atoms with Crippen LogP contribution in [0.15, 0.2) is 67.4 Å². The molecule has 1 aromatic heterocycles. The van der Waals surface area contributed by atoms with Gasteiger partial charge in [-0.3, -0.25) is 4.79 Å². The standard InChI is InChI=1S/C26H29N5O4/c1-4-24(32)28-19-6-5-7-22(16-19)35-25-23(34-3)17-27-26(30-25)29-18-8-10-20(11-9-18)31(14-15-33-2)21-12-13-21/h4-11,16-17,21H,1,12-15H2,2-3H3,(H,28,32)(H,27,29,30). The first kappa shape index (κ1) is 24.0. The van der Waals surface area contributed by atoms with Crippen LogP contribution < -0.4 is 25.0 Å². The molecule has 1 fully saturated rings. The van der Waals surface area contributed by atoms with Crippen molar-refractivity contribution >= 4 is 28.9 Å². The highest BCUT2D eigenvalue weighted by Crippen LogP contribution is 2.33. The average Bonchev–Trinajstić information content (AvgIpc) is 3.71. The number of methoxy groups -OCH3 is 2. The molecule has 9 heteroatoms. The molecule has 1 saturated carbocycles. The number of benzene rings is 2. The maximum Gasteiger partial charge on any atom is 0.267 e. The number of carbonyl (C=O) groups excluding carboxylic acids is 1. The van der Waals surface area contributed by atoms with Crippen LogP contribution in [-0.4, -0.2) is 49.3 Å². The summed E-state index contributed by atoms with van der Waals surface area (Å²) >= 11 is 0. The van der Waals surface area contributed by atoms with Crippen LogP contribution in [0.25, 0.3) is 0 Å². The minimum Gasteiger partial charge on any atom is -0.490 e. The molecule has 35 heavy (non-hydrogen) atoms. The molecule has 2 aromatic carbocycles. The van der Waals surface area contributed by atoms with Gasteiger partial charge in [0.2, 0.25) is 11.9 Å². The number of hydrogen-bond acceptors (Lipinski definition) is 8. The lowest BCUT2D eigenvalue weighted by molar-refractivity contribution is -0.111. The summed E-state index contributed by atoms with van der Waals surface area (Å²) in [6, 6.07) is 15.7. The maximum absolute atomic E-state index is 11.6. The van der Waals surface area contributed by atoms with Crippen molar-refractivity contribution < 1.29 is 19.0 Å². The van der Waals surface area contributed by atoms with Crippen molar-refractivity contribution in [3.8, 4) is 17.4 Å². The highest BCUT2D eigenvalue weighted by Gasteiger charge is 2.28. The Balaban J connectivity index is 1.47. The van der Waals surface area contributed by atoms with Gasteiger partial charge in [0.25, 0.3) is 5.88 Å². The maximum atomic E-state index is 11.6. The molecule has 3 aromatic rings.